The molecule has 1 aliphatic carbocycles. The minimum atomic E-state index is 0.457. The van der Waals surface area contributed by atoms with Crippen LogP contribution in [0.3, 0.4) is 0 Å². The van der Waals surface area contributed by atoms with Crippen LogP contribution in [0.4, 0.5) is 5.69 Å². The Bertz CT molecular complexity index is 402. The van der Waals surface area contributed by atoms with Crippen molar-refractivity contribution in [3.05, 3.63) is 28.2 Å². The van der Waals surface area contributed by atoms with Gasteiger partial charge in [0, 0.05) is 28.8 Å². The number of halogens is 1. The molecule has 0 aromatic heterocycles. The van der Waals surface area contributed by atoms with Crippen molar-refractivity contribution in [2.45, 2.75) is 18.9 Å². The molecule has 0 atom stereocenters. The molecule has 80 valence electrons. The van der Waals surface area contributed by atoms with Gasteiger partial charge in [-0.25, -0.2) is 0 Å². The predicted molar refractivity (Wildman–Crippen MR) is 71.5 cm³/mol. The number of hydrogen-bond donors (Lipinski definition) is 1. The number of rotatable bonds is 3. The van der Waals surface area contributed by atoms with E-state index in [1.165, 1.54) is 12.8 Å². The van der Waals surface area contributed by atoms with Crippen LogP contribution in [0.1, 0.15) is 18.4 Å². The molecule has 2 rings (SSSR count). The summed E-state index contributed by atoms with van der Waals surface area (Å²) in [4.78, 5) is 2.72. The van der Waals surface area contributed by atoms with Crippen molar-refractivity contribution >= 4 is 38.8 Å². The average molecular weight is 285 g/mol. The molecule has 2 N–H and O–H groups in total. The lowest BCUT2D eigenvalue weighted by Crippen LogP contribution is -2.23. The monoisotopic (exact) mass is 284 g/mol. The standard InChI is InChI=1S/C11H13BrN2S/c1-14(8-3-4-8)10-5-2-7(12)6-9(10)11(13)15/h2,5-6,8H,3-4H2,1H3,(H2,13,15). The highest BCUT2D eigenvalue weighted by atomic mass is 79.9. The second kappa shape index (κ2) is 4.10. The van der Waals surface area contributed by atoms with E-state index in [1.54, 1.807) is 0 Å². The van der Waals surface area contributed by atoms with Crippen molar-refractivity contribution in [2.24, 2.45) is 5.73 Å². The molecule has 0 saturated heterocycles. The Morgan fingerprint density at radius 3 is 2.73 bits per heavy atom. The summed E-state index contributed by atoms with van der Waals surface area (Å²) in [7, 11) is 2.10. The number of nitrogens with two attached hydrogens (primary N) is 1. The van der Waals surface area contributed by atoms with E-state index in [1.807, 2.05) is 12.1 Å². The summed E-state index contributed by atoms with van der Waals surface area (Å²) in [5.74, 6) is 0. The van der Waals surface area contributed by atoms with Crippen LogP contribution in [0.5, 0.6) is 0 Å². The molecule has 0 heterocycles. The zero-order chi connectivity index (χ0) is 11.0. The van der Waals surface area contributed by atoms with Crippen LogP contribution in [0.25, 0.3) is 0 Å². The Kier molecular flexibility index (Phi) is 2.98. The van der Waals surface area contributed by atoms with Crippen LogP contribution in [-0.2, 0) is 0 Å². The highest BCUT2D eigenvalue weighted by molar-refractivity contribution is 9.10. The van der Waals surface area contributed by atoms with Crippen LogP contribution in [0.2, 0.25) is 0 Å². The lowest BCUT2D eigenvalue weighted by molar-refractivity contribution is 0.915. The summed E-state index contributed by atoms with van der Waals surface area (Å²) in [5.41, 5.74) is 7.81. The molecule has 0 amide bonds. The predicted octanol–water partition coefficient (Wildman–Crippen LogP) is 2.68. The number of thiocarbonyl (C=S) groups is 1. The molecule has 1 fully saturated rings. The molecule has 0 spiro atoms. The van der Waals surface area contributed by atoms with Crippen molar-refractivity contribution in [1.82, 2.24) is 0 Å². The van der Waals surface area contributed by atoms with E-state index >= 15 is 0 Å². The van der Waals surface area contributed by atoms with Gasteiger partial charge in [-0.1, -0.05) is 28.1 Å². The molecule has 2 nitrogen and oxygen atoms in total. The van der Waals surface area contributed by atoms with Crippen LogP contribution in [0, 0.1) is 0 Å². The summed E-state index contributed by atoms with van der Waals surface area (Å²) in [5, 5.41) is 0. The zero-order valence-corrected chi connectivity index (χ0v) is 10.9. The fourth-order valence-electron chi connectivity index (χ4n) is 1.67. The molecule has 15 heavy (non-hydrogen) atoms. The van der Waals surface area contributed by atoms with Gasteiger partial charge in [-0.05, 0) is 31.0 Å². The van der Waals surface area contributed by atoms with Crippen molar-refractivity contribution in [3.8, 4) is 0 Å². The smallest absolute Gasteiger partial charge is 0.106 e. The van der Waals surface area contributed by atoms with E-state index in [0.717, 1.165) is 15.7 Å². The fourth-order valence-corrected chi connectivity index (χ4v) is 2.20. The van der Waals surface area contributed by atoms with E-state index in [2.05, 4.69) is 33.9 Å². The first-order valence-corrected chi connectivity index (χ1v) is 6.12. The number of nitrogens with zero attached hydrogens (tertiary/aromatic N) is 1. The van der Waals surface area contributed by atoms with Crippen molar-refractivity contribution in [1.29, 1.82) is 0 Å². The van der Waals surface area contributed by atoms with Gasteiger partial charge in [-0.2, -0.15) is 0 Å². The Hall–Kier alpha value is -0.610. The maximum Gasteiger partial charge on any atom is 0.106 e. The van der Waals surface area contributed by atoms with Crippen LogP contribution in [0.15, 0.2) is 22.7 Å². The van der Waals surface area contributed by atoms with Gasteiger partial charge < -0.3 is 10.6 Å². The first-order chi connectivity index (χ1) is 7.09. The van der Waals surface area contributed by atoms with Gasteiger partial charge in [-0.3, -0.25) is 0 Å². The van der Waals surface area contributed by atoms with Crippen molar-refractivity contribution in [3.63, 3.8) is 0 Å². The van der Waals surface area contributed by atoms with Gasteiger partial charge in [0.05, 0.1) is 0 Å². The number of benzene rings is 1. The molecule has 0 unspecified atom stereocenters. The van der Waals surface area contributed by atoms with Crippen LogP contribution >= 0.6 is 28.1 Å². The molecule has 1 aromatic carbocycles. The Morgan fingerprint density at radius 2 is 2.20 bits per heavy atom. The first-order valence-electron chi connectivity index (χ1n) is 4.92. The van der Waals surface area contributed by atoms with E-state index in [0.29, 0.717) is 11.0 Å². The second-order valence-electron chi connectivity index (χ2n) is 3.87. The Balaban J connectivity index is 2.40. The first kappa shape index (κ1) is 10.9. The lowest BCUT2D eigenvalue weighted by Gasteiger charge is -2.21. The number of anilines is 1. The summed E-state index contributed by atoms with van der Waals surface area (Å²) in [6.07, 6.45) is 2.53. The maximum absolute atomic E-state index is 5.73. The summed E-state index contributed by atoms with van der Waals surface area (Å²) in [6, 6.07) is 6.74. The van der Waals surface area contributed by atoms with Crippen molar-refractivity contribution in [2.75, 3.05) is 11.9 Å². The summed E-state index contributed by atoms with van der Waals surface area (Å²) in [6.45, 7) is 0. The molecule has 4 heteroatoms. The molecule has 1 saturated carbocycles. The SMILES string of the molecule is CN(c1ccc(Br)cc1C(N)=S)C1CC1. The minimum absolute atomic E-state index is 0.457. The van der Waals surface area contributed by atoms with Crippen LogP contribution < -0.4 is 10.6 Å². The van der Waals surface area contributed by atoms with Gasteiger partial charge in [0.2, 0.25) is 0 Å². The quantitative estimate of drug-likeness (QED) is 0.866. The fraction of sp³-hybridized carbons (Fsp3) is 0.364. The molecule has 1 aliphatic rings. The average Bonchev–Trinajstić information content (AvgIpc) is 2.99. The van der Waals surface area contributed by atoms with E-state index in [4.69, 9.17) is 18.0 Å². The molecular weight excluding hydrogens is 272 g/mol. The third-order valence-electron chi connectivity index (χ3n) is 2.70. The summed E-state index contributed by atoms with van der Waals surface area (Å²) < 4.78 is 1.01. The highest BCUT2D eigenvalue weighted by Gasteiger charge is 2.27. The van der Waals surface area contributed by atoms with Gasteiger partial charge in [0.15, 0.2) is 0 Å². The van der Waals surface area contributed by atoms with E-state index in [-0.39, 0.29) is 0 Å². The third kappa shape index (κ3) is 2.32. The van der Waals surface area contributed by atoms with Gasteiger partial charge >= 0.3 is 0 Å². The molecule has 0 aliphatic heterocycles. The minimum Gasteiger partial charge on any atom is -0.389 e. The van der Waals surface area contributed by atoms with Crippen LogP contribution in [-0.4, -0.2) is 18.1 Å². The maximum atomic E-state index is 5.73. The summed E-state index contributed by atoms with van der Waals surface area (Å²) >= 11 is 8.50. The zero-order valence-electron chi connectivity index (χ0n) is 8.53. The Morgan fingerprint density at radius 1 is 1.53 bits per heavy atom. The highest BCUT2D eigenvalue weighted by Crippen LogP contribution is 2.33. The van der Waals surface area contributed by atoms with Crippen molar-refractivity contribution < 1.29 is 0 Å². The van der Waals surface area contributed by atoms with Gasteiger partial charge in [-0.15, -0.1) is 0 Å². The van der Waals surface area contributed by atoms with E-state index in [9.17, 15) is 0 Å². The molecule has 1 aromatic rings. The molecular formula is C11H13BrN2S. The lowest BCUT2D eigenvalue weighted by atomic mass is 10.1. The van der Waals surface area contributed by atoms with Gasteiger partial charge in [0.25, 0.3) is 0 Å². The van der Waals surface area contributed by atoms with E-state index < -0.39 is 0 Å². The molecule has 0 bridgehead atoms. The third-order valence-corrected chi connectivity index (χ3v) is 3.41. The topological polar surface area (TPSA) is 29.3 Å². The largest absolute Gasteiger partial charge is 0.389 e. The number of hydrogen-bond acceptors (Lipinski definition) is 2. The normalized spacial score (nSPS) is 15.1. The molecule has 0 radical (unpaired) electrons. The Labute approximate surface area is 104 Å². The van der Waals surface area contributed by atoms with Gasteiger partial charge in [0.1, 0.15) is 4.99 Å². The second-order valence-corrected chi connectivity index (χ2v) is 5.22.